The number of aromatic nitrogens is 2. The number of nitrogens with zero attached hydrogens (tertiary/aromatic N) is 3. The number of carbonyl (C=O) groups is 2. The number of nitrogens with one attached hydrogen (secondary N) is 1. The summed E-state index contributed by atoms with van der Waals surface area (Å²) in [5.41, 5.74) is 2.78. The van der Waals surface area contributed by atoms with Crippen LogP contribution in [-0.2, 0) is 6.42 Å². The molecule has 0 aliphatic carbocycles. The van der Waals surface area contributed by atoms with Crippen molar-refractivity contribution in [3.05, 3.63) is 70.9 Å². The Labute approximate surface area is 179 Å². The van der Waals surface area contributed by atoms with E-state index >= 15 is 0 Å². The fourth-order valence-corrected chi connectivity index (χ4v) is 3.98. The van der Waals surface area contributed by atoms with Crippen LogP contribution in [0.3, 0.4) is 0 Å². The molecular formula is C22H23ClN4O3. The number of hydrogen-bond acceptors (Lipinski definition) is 4. The van der Waals surface area contributed by atoms with E-state index in [1.165, 1.54) is 12.5 Å². The number of piperidine rings is 1. The van der Waals surface area contributed by atoms with Crippen LogP contribution in [0.15, 0.2) is 53.5 Å². The Bertz CT molecular complexity index is 1040. The smallest absolute Gasteiger partial charge is 0.257 e. The Balaban J connectivity index is 1.41. The quantitative estimate of drug-likeness (QED) is 0.674. The maximum Gasteiger partial charge on any atom is 0.257 e. The minimum absolute atomic E-state index is 0.0186. The lowest BCUT2D eigenvalue weighted by Gasteiger charge is -2.32. The van der Waals surface area contributed by atoms with E-state index in [-0.39, 0.29) is 17.9 Å². The molecule has 4 rings (SSSR count). The summed E-state index contributed by atoms with van der Waals surface area (Å²) in [5.74, 6) is -0.177. The van der Waals surface area contributed by atoms with E-state index in [1.807, 2.05) is 25.1 Å². The highest BCUT2D eigenvalue weighted by atomic mass is 35.5. The predicted molar refractivity (Wildman–Crippen MR) is 113 cm³/mol. The third kappa shape index (κ3) is 4.11. The first-order valence-electron chi connectivity index (χ1n) is 10.0. The summed E-state index contributed by atoms with van der Waals surface area (Å²) in [6.07, 6.45) is 6.63. The maximum absolute atomic E-state index is 12.9. The van der Waals surface area contributed by atoms with Crippen molar-refractivity contribution in [1.29, 1.82) is 0 Å². The van der Waals surface area contributed by atoms with Gasteiger partial charge in [0.1, 0.15) is 6.26 Å². The fraction of sp³-hybridized carbons (Fsp3) is 0.318. The summed E-state index contributed by atoms with van der Waals surface area (Å²) in [5, 5.41) is 8.14. The lowest BCUT2D eigenvalue weighted by atomic mass is 10.0. The molecule has 7 nitrogen and oxygen atoms in total. The number of rotatable bonds is 5. The van der Waals surface area contributed by atoms with Gasteiger partial charge in [-0.3, -0.25) is 9.59 Å². The number of amides is 2. The molecule has 1 saturated heterocycles. The third-order valence-electron chi connectivity index (χ3n) is 5.39. The van der Waals surface area contributed by atoms with E-state index in [4.69, 9.17) is 16.0 Å². The number of halogens is 1. The van der Waals surface area contributed by atoms with Crippen LogP contribution in [0.1, 0.15) is 46.2 Å². The van der Waals surface area contributed by atoms with E-state index in [0.29, 0.717) is 48.5 Å². The van der Waals surface area contributed by atoms with E-state index in [2.05, 4.69) is 10.4 Å². The van der Waals surface area contributed by atoms with Crippen molar-refractivity contribution in [3.8, 4) is 5.69 Å². The van der Waals surface area contributed by atoms with Crippen molar-refractivity contribution >= 4 is 23.4 Å². The number of benzene rings is 1. The zero-order valence-corrected chi connectivity index (χ0v) is 17.4. The van der Waals surface area contributed by atoms with Crippen molar-refractivity contribution < 1.29 is 14.0 Å². The molecule has 0 atom stereocenters. The average Bonchev–Trinajstić information content (AvgIpc) is 3.43. The van der Waals surface area contributed by atoms with Crippen molar-refractivity contribution in [2.24, 2.45) is 0 Å². The molecule has 30 heavy (non-hydrogen) atoms. The standard InChI is InChI=1S/C22H23ClN4O3/c1-2-20-19(13-24-27(20)18-5-3-4-16(23)12-18)21(28)25-17-6-9-26(10-7-17)22(29)15-8-11-30-14-15/h3-5,8,11-14,17H,2,6-7,9-10H2,1H3,(H,25,28). The molecule has 1 fully saturated rings. The van der Waals surface area contributed by atoms with Crippen LogP contribution >= 0.6 is 11.6 Å². The zero-order valence-electron chi connectivity index (χ0n) is 16.7. The highest BCUT2D eigenvalue weighted by Crippen LogP contribution is 2.20. The van der Waals surface area contributed by atoms with Crippen molar-refractivity contribution in [3.63, 3.8) is 0 Å². The second kappa shape index (κ2) is 8.75. The van der Waals surface area contributed by atoms with Gasteiger partial charge in [-0.1, -0.05) is 24.6 Å². The first-order valence-corrected chi connectivity index (χ1v) is 10.4. The van der Waals surface area contributed by atoms with Crippen LogP contribution in [0.2, 0.25) is 5.02 Å². The molecule has 0 spiro atoms. The molecule has 2 aromatic heterocycles. The number of furan rings is 1. The van der Waals surface area contributed by atoms with Gasteiger partial charge >= 0.3 is 0 Å². The molecule has 0 bridgehead atoms. The summed E-state index contributed by atoms with van der Waals surface area (Å²) >= 11 is 6.10. The zero-order chi connectivity index (χ0) is 21.1. The number of carbonyl (C=O) groups excluding carboxylic acids is 2. The summed E-state index contributed by atoms with van der Waals surface area (Å²) in [6, 6.07) is 9.08. The van der Waals surface area contributed by atoms with Gasteiger partial charge in [0.25, 0.3) is 11.8 Å². The normalized spacial score (nSPS) is 14.7. The molecule has 1 aliphatic rings. The molecule has 2 amide bonds. The van der Waals surface area contributed by atoms with Crippen LogP contribution in [0.25, 0.3) is 5.69 Å². The molecule has 3 aromatic rings. The summed E-state index contributed by atoms with van der Waals surface area (Å²) in [6.45, 7) is 3.18. The van der Waals surface area contributed by atoms with Crippen molar-refractivity contribution in [1.82, 2.24) is 20.0 Å². The molecule has 8 heteroatoms. The summed E-state index contributed by atoms with van der Waals surface area (Å²) in [4.78, 5) is 27.1. The Morgan fingerprint density at radius 1 is 1.27 bits per heavy atom. The molecule has 0 radical (unpaired) electrons. The van der Waals surface area contributed by atoms with Crippen molar-refractivity contribution in [2.45, 2.75) is 32.2 Å². The van der Waals surface area contributed by atoms with Crippen LogP contribution in [-0.4, -0.2) is 45.6 Å². The lowest BCUT2D eigenvalue weighted by molar-refractivity contribution is 0.0697. The van der Waals surface area contributed by atoms with Gasteiger partial charge < -0.3 is 14.6 Å². The Morgan fingerprint density at radius 2 is 2.07 bits per heavy atom. The van der Waals surface area contributed by atoms with Crippen LogP contribution in [0, 0.1) is 0 Å². The molecule has 0 saturated carbocycles. The maximum atomic E-state index is 12.9. The topological polar surface area (TPSA) is 80.4 Å². The third-order valence-corrected chi connectivity index (χ3v) is 5.62. The Hall–Kier alpha value is -3.06. The van der Waals surface area contributed by atoms with Gasteiger partial charge in [-0.25, -0.2) is 4.68 Å². The van der Waals surface area contributed by atoms with Gasteiger partial charge in [-0.05, 0) is 43.5 Å². The van der Waals surface area contributed by atoms with Crippen LogP contribution in [0.4, 0.5) is 0 Å². The van der Waals surface area contributed by atoms with Gasteiger partial charge in [0.05, 0.1) is 35.0 Å². The van der Waals surface area contributed by atoms with Gasteiger partial charge in [0, 0.05) is 24.2 Å². The predicted octanol–water partition coefficient (Wildman–Crippen LogP) is 3.72. The largest absolute Gasteiger partial charge is 0.472 e. The van der Waals surface area contributed by atoms with Crippen LogP contribution < -0.4 is 5.32 Å². The summed E-state index contributed by atoms with van der Waals surface area (Å²) < 4.78 is 6.75. The number of likely N-dealkylation sites (tertiary alicyclic amines) is 1. The minimum Gasteiger partial charge on any atom is -0.472 e. The molecule has 156 valence electrons. The lowest BCUT2D eigenvalue weighted by Crippen LogP contribution is -2.46. The van der Waals surface area contributed by atoms with Crippen molar-refractivity contribution in [2.75, 3.05) is 13.1 Å². The van der Waals surface area contributed by atoms with E-state index < -0.39 is 0 Å². The fourth-order valence-electron chi connectivity index (χ4n) is 3.79. The Morgan fingerprint density at radius 3 is 2.73 bits per heavy atom. The van der Waals surface area contributed by atoms with E-state index in [0.717, 1.165) is 11.4 Å². The minimum atomic E-state index is -0.139. The average molecular weight is 427 g/mol. The molecule has 1 aromatic carbocycles. The highest BCUT2D eigenvalue weighted by molar-refractivity contribution is 6.30. The first-order chi connectivity index (χ1) is 14.6. The van der Waals surface area contributed by atoms with E-state index in [9.17, 15) is 9.59 Å². The van der Waals surface area contributed by atoms with Crippen LogP contribution in [0.5, 0.6) is 0 Å². The second-order valence-corrected chi connectivity index (χ2v) is 7.74. The first kappa shape index (κ1) is 20.2. The van der Waals surface area contributed by atoms with E-state index in [1.54, 1.807) is 27.9 Å². The molecule has 3 heterocycles. The van der Waals surface area contributed by atoms with Gasteiger partial charge in [0.15, 0.2) is 0 Å². The molecule has 0 unspecified atom stereocenters. The monoisotopic (exact) mass is 426 g/mol. The molecule has 1 aliphatic heterocycles. The SMILES string of the molecule is CCc1c(C(=O)NC2CCN(C(=O)c3ccoc3)CC2)cnn1-c1cccc(Cl)c1. The van der Waals surface area contributed by atoms with Gasteiger partial charge in [-0.15, -0.1) is 0 Å². The Kier molecular flexibility index (Phi) is 5.90. The van der Waals surface area contributed by atoms with Gasteiger partial charge in [-0.2, -0.15) is 5.10 Å². The van der Waals surface area contributed by atoms with Gasteiger partial charge in [0.2, 0.25) is 0 Å². The highest BCUT2D eigenvalue weighted by Gasteiger charge is 2.26. The second-order valence-electron chi connectivity index (χ2n) is 7.30. The molecule has 1 N–H and O–H groups in total. The number of hydrogen-bond donors (Lipinski definition) is 1. The molecular weight excluding hydrogens is 404 g/mol. The summed E-state index contributed by atoms with van der Waals surface area (Å²) in [7, 11) is 0.